The first-order valence-electron chi connectivity index (χ1n) is 8.19. The lowest BCUT2D eigenvalue weighted by Gasteiger charge is -2.57. The van der Waals surface area contributed by atoms with Crippen molar-refractivity contribution >= 4 is 9.84 Å². The van der Waals surface area contributed by atoms with Crippen molar-refractivity contribution in [1.82, 2.24) is 4.90 Å². The molecule has 2 saturated heterocycles. The normalized spacial score (nSPS) is 40.7. The molecule has 0 amide bonds. The second-order valence-corrected chi connectivity index (χ2v) is 9.04. The predicted molar refractivity (Wildman–Crippen MR) is 82.5 cm³/mol. The number of aliphatic hydroxyl groups is 1. The first-order valence-corrected chi connectivity index (χ1v) is 10.0. The minimum Gasteiger partial charge on any atom is -0.392 e. The lowest BCUT2D eigenvalue weighted by Crippen LogP contribution is -2.63. The third-order valence-corrected chi connectivity index (χ3v) is 7.57. The summed E-state index contributed by atoms with van der Waals surface area (Å²) in [4.78, 5) is 2.23. The molecule has 2 aliphatic heterocycles. The van der Waals surface area contributed by atoms with E-state index in [1.54, 1.807) is 7.11 Å². The van der Waals surface area contributed by atoms with Crippen molar-refractivity contribution in [3.8, 4) is 0 Å². The minimum absolute atomic E-state index is 0.0462. The van der Waals surface area contributed by atoms with Gasteiger partial charge in [-0.25, -0.2) is 8.42 Å². The van der Waals surface area contributed by atoms with Crippen LogP contribution in [0.3, 0.4) is 0 Å². The summed E-state index contributed by atoms with van der Waals surface area (Å²) in [5.74, 6) is 0.315. The third-order valence-electron chi connectivity index (χ3n) is 5.88. The molecule has 1 N–H and O–H groups in total. The number of hydrogen-bond acceptors (Lipinski definition) is 6. The van der Waals surface area contributed by atoms with Crippen LogP contribution in [0.2, 0.25) is 0 Å². The molecular weight excluding hydrogens is 306 g/mol. The zero-order valence-electron chi connectivity index (χ0n) is 13.4. The van der Waals surface area contributed by atoms with E-state index in [4.69, 9.17) is 9.47 Å². The predicted octanol–water partition coefficient (Wildman–Crippen LogP) is 0.0503. The Morgan fingerprint density at radius 3 is 2.50 bits per heavy atom. The maximum atomic E-state index is 11.9. The number of hydrogen-bond donors (Lipinski definition) is 1. The molecule has 7 heteroatoms. The summed E-state index contributed by atoms with van der Waals surface area (Å²) in [5.41, 5.74) is -0.118. The summed E-state index contributed by atoms with van der Waals surface area (Å²) in [6.07, 6.45) is 2.11. The Morgan fingerprint density at radius 2 is 1.95 bits per heavy atom. The van der Waals surface area contributed by atoms with Crippen LogP contribution in [0.1, 0.15) is 26.2 Å². The summed E-state index contributed by atoms with van der Waals surface area (Å²) in [5, 5.41) is 10.2. The molecule has 0 radical (unpaired) electrons. The summed E-state index contributed by atoms with van der Waals surface area (Å²) in [6, 6.07) is -0.0462. The maximum Gasteiger partial charge on any atom is 0.154 e. The van der Waals surface area contributed by atoms with E-state index >= 15 is 0 Å². The van der Waals surface area contributed by atoms with Crippen molar-refractivity contribution in [3.63, 3.8) is 0 Å². The zero-order valence-corrected chi connectivity index (χ0v) is 14.2. The number of ether oxygens (including phenoxy) is 2. The van der Waals surface area contributed by atoms with Crippen molar-refractivity contribution in [2.75, 3.05) is 38.3 Å². The molecule has 4 atom stereocenters. The molecule has 3 rings (SSSR count). The third kappa shape index (κ3) is 2.71. The zero-order chi connectivity index (χ0) is 16.0. The Morgan fingerprint density at radius 1 is 1.27 bits per heavy atom. The fourth-order valence-electron chi connectivity index (χ4n) is 4.45. The van der Waals surface area contributed by atoms with Gasteiger partial charge in [-0.1, -0.05) is 0 Å². The second kappa shape index (κ2) is 6.02. The maximum absolute atomic E-state index is 11.9. The van der Waals surface area contributed by atoms with E-state index in [9.17, 15) is 13.5 Å². The van der Waals surface area contributed by atoms with E-state index < -0.39 is 9.84 Å². The molecule has 3 aliphatic rings. The average Bonchev–Trinajstić information content (AvgIpc) is 2.82. The molecule has 6 nitrogen and oxygen atoms in total. The topological polar surface area (TPSA) is 76.1 Å². The lowest BCUT2D eigenvalue weighted by atomic mass is 9.58. The number of sulfone groups is 1. The lowest BCUT2D eigenvalue weighted by molar-refractivity contribution is -0.212. The molecule has 1 aliphatic carbocycles. The summed E-state index contributed by atoms with van der Waals surface area (Å²) in [7, 11) is -1.41. The quantitative estimate of drug-likeness (QED) is 0.783. The SMILES string of the molecule is CCOC1CC(O)C12CCN([C@@H]1CS(=O)(=O)C[C@@H]1OC)CC2. The number of aliphatic hydroxyl groups excluding tert-OH is 1. The van der Waals surface area contributed by atoms with Crippen molar-refractivity contribution in [1.29, 1.82) is 0 Å². The fraction of sp³-hybridized carbons (Fsp3) is 1.00. The highest BCUT2D eigenvalue weighted by atomic mass is 32.2. The van der Waals surface area contributed by atoms with Crippen molar-refractivity contribution in [2.24, 2.45) is 5.41 Å². The number of rotatable bonds is 4. The van der Waals surface area contributed by atoms with Crippen LogP contribution in [0.4, 0.5) is 0 Å². The number of nitrogens with zero attached hydrogens (tertiary/aromatic N) is 1. The standard InChI is InChI=1S/C15H27NO5S/c1-3-21-14-8-13(17)15(14)4-6-16(7-5-15)11-9-22(18,19)10-12(11)20-2/h11-14,17H,3-10H2,1-2H3/t11-,12+,13?,14?/m1/s1. The van der Waals surface area contributed by atoms with Gasteiger partial charge in [0.05, 0.1) is 35.9 Å². The van der Waals surface area contributed by atoms with E-state index in [-0.39, 0.29) is 41.3 Å². The summed E-state index contributed by atoms with van der Waals surface area (Å²) >= 11 is 0. The van der Waals surface area contributed by atoms with Gasteiger partial charge in [0.15, 0.2) is 9.84 Å². The monoisotopic (exact) mass is 333 g/mol. The fourth-order valence-corrected chi connectivity index (χ4v) is 6.39. The average molecular weight is 333 g/mol. The first kappa shape index (κ1) is 16.6. The number of piperidine rings is 1. The summed E-state index contributed by atoms with van der Waals surface area (Å²) < 4.78 is 34.9. The smallest absolute Gasteiger partial charge is 0.154 e. The Kier molecular flexibility index (Phi) is 4.55. The molecule has 0 aromatic carbocycles. The highest BCUT2D eigenvalue weighted by molar-refractivity contribution is 7.91. The van der Waals surface area contributed by atoms with Gasteiger partial charge in [-0.05, 0) is 32.9 Å². The Hall–Kier alpha value is -0.210. The van der Waals surface area contributed by atoms with Gasteiger partial charge >= 0.3 is 0 Å². The van der Waals surface area contributed by atoms with Gasteiger partial charge in [0.1, 0.15) is 0 Å². The Bertz CT molecular complexity index is 498. The van der Waals surface area contributed by atoms with Crippen molar-refractivity contribution in [3.05, 3.63) is 0 Å². The molecule has 1 spiro atoms. The van der Waals surface area contributed by atoms with E-state index in [1.165, 1.54) is 0 Å². The molecule has 2 heterocycles. The molecule has 0 bridgehead atoms. The largest absolute Gasteiger partial charge is 0.392 e. The van der Waals surface area contributed by atoms with Crippen LogP contribution in [0.5, 0.6) is 0 Å². The van der Waals surface area contributed by atoms with Gasteiger partial charge in [0, 0.05) is 25.6 Å². The van der Waals surface area contributed by atoms with Gasteiger partial charge < -0.3 is 14.6 Å². The molecule has 22 heavy (non-hydrogen) atoms. The van der Waals surface area contributed by atoms with Gasteiger partial charge in [-0.15, -0.1) is 0 Å². The highest BCUT2D eigenvalue weighted by Gasteiger charge is 2.57. The Labute approximate surface area is 132 Å². The van der Waals surface area contributed by atoms with E-state index in [0.29, 0.717) is 6.61 Å². The Balaban J connectivity index is 1.64. The molecule has 0 aromatic heterocycles. The summed E-state index contributed by atoms with van der Waals surface area (Å²) in [6.45, 7) is 4.27. The van der Waals surface area contributed by atoms with Gasteiger partial charge in [0.2, 0.25) is 0 Å². The molecule has 0 aromatic rings. The van der Waals surface area contributed by atoms with Crippen LogP contribution in [0.25, 0.3) is 0 Å². The van der Waals surface area contributed by atoms with Crippen LogP contribution in [-0.2, 0) is 19.3 Å². The number of likely N-dealkylation sites (tertiary alicyclic amines) is 1. The second-order valence-electron chi connectivity index (χ2n) is 6.88. The van der Waals surface area contributed by atoms with Crippen LogP contribution in [-0.4, -0.2) is 81.1 Å². The molecule has 1 saturated carbocycles. The van der Waals surface area contributed by atoms with Crippen LogP contribution >= 0.6 is 0 Å². The van der Waals surface area contributed by atoms with Crippen LogP contribution in [0, 0.1) is 5.41 Å². The van der Waals surface area contributed by atoms with Crippen molar-refractivity contribution in [2.45, 2.75) is 50.5 Å². The van der Waals surface area contributed by atoms with E-state index in [2.05, 4.69) is 4.90 Å². The highest BCUT2D eigenvalue weighted by Crippen LogP contribution is 2.51. The van der Waals surface area contributed by atoms with Gasteiger partial charge in [-0.3, -0.25) is 4.90 Å². The minimum atomic E-state index is -3.00. The van der Waals surface area contributed by atoms with E-state index in [0.717, 1.165) is 32.4 Å². The molecule has 3 fully saturated rings. The van der Waals surface area contributed by atoms with Gasteiger partial charge in [0.25, 0.3) is 0 Å². The van der Waals surface area contributed by atoms with Gasteiger partial charge in [-0.2, -0.15) is 0 Å². The van der Waals surface area contributed by atoms with Crippen molar-refractivity contribution < 1.29 is 23.0 Å². The van der Waals surface area contributed by atoms with Crippen LogP contribution < -0.4 is 0 Å². The molecule has 128 valence electrons. The number of methoxy groups -OCH3 is 1. The molecular formula is C15H27NO5S. The first-order chi connectivity index (χ1) is 10.4. The van der Waals surface area contributed by atoms with E-state index in [1.807, 2.05) is 6.92 Å². The van der Waals surface area contributed by atoms with Crippen LogP contribution in [0.15, 0.2) is 0 Å². The molecule has 2 unspecified atom stereocenters.